The van der Waals surface area contributed by atoms with Crippen LogP contribution in [-0.2, 0) is 36.9 Å². The number of rotatable bonds is 7. The number of hydrogen-bond acceptors (Lipinski definition) is 3. The van der Waals surface area contributed by atoms with E-state index in [9.17, 15) is 4.79 Å². The number of hydroxylamine groups is 1. The van der Waals surface area contributed by atoms with Gasteiger partial charge in [-0.05, 0) is 105 Å². The molecule has 1 fully saturated rings. The smallest absolute Gasteiger partial charge is 0.246 e. The lowest BCUT2D eigenvalue weighted by Gasteiger charge is -2.28. The molecule has 1 aliphatic carbocycles. The zero-order valence-corrected chi connectivity index (χ0v) is 16.4. The van der Waals surface area contributed by atoms with Crippen molar-refractivity contribution in [2.75, 3.05) is 19.6 Å². The van der Waals surface area contributed by atoms with Gasteiger partial charge in [-0.2, -0.15) is 0 Å². The Morgan fingerprint density at radius 2 is 2.00 bits per heavy atom. The van der Waals surface area contributed by atoms with Crippen molar-refractivity contribution < 1.29 is 10.0 Å². The first kappa shape index (κ1) is 19.4. The summed E-state index contributed by atoms with van der Waals surface area (Å²) in [4.78, 5) is 14.5. The van der Waals surface area contributed by atoms with Crippen molar-refractivity contribution in [3.63, 3.8) is 0 Å². The Balaban J connectivity index is 1.82. The van der Waals surface area contributed by atoms with E-state index in [2.05, 4.69) is 24.8 Å². The minimum atomic E-state index is -0.229. The van der Waals surface area contributed by atoms with E-state index in [-0.39, 0.29) is 11.8 Å². The third-order valence-electron chi connectivity index (χ3n) is 6.38. The lowest BCUT2D eigenvalue weighted by Crippen LogP contribution is -2.32. The summed E-state index contributed by atoms with van der Waals surface area (Å²) in [5, 5.41) is 9.01. The number of amides is 1. The Morgan fingerprint density at radius 1 is 1.23 bits per heavy atom. The predicted molar refractivity (Wildman–Crippen MR) is 105 cm³/mol. The number of likely N-dealkylation sites (tertiary alicyclic amines) is 1. The quantitative estimate of drug-likeness (QED) is 0.580. The summed E-state index contributed by atoms with van der Waals surface area (Å²) in [5.41, 5.74) is 9.21. The van der Waals surface area contributed by atoms with Gasteiger partial charge in [-0.15, -0.1) is 0 Å². The minimum Gasteiger partial charge on any atom is -0.303 e. The van der Waals surface area contributed by atoms with Crippen LogP contribution >= 0.6 is 0 Å². The maximum atomic E-state index is 11.9. The normalized spacial score (nSPS) is 20.2. The highest BCUT2D eigenvalue weighted by Crippen LogP contribution is 2.33. The molecular formula is C22H34N2O2. The number of aryl methyl sites for hydroxylation is 2. The van der Waals surface area contributed by atoms with E-state index in [0.29, 0.717) is 0 Å². The van der Waals surface area contributed by atoms with Gasteiger partial charge in [0.05, 0.1) is 0 Å². The number of benzene rings is 1. The molecule has 0 bridgehead atoms. The first-order valence-electron chi connectivity index (χ1n) is 10.5. The highest BCUT2D eigenvalue weighted by atomic mass is 16.5. The monoisotopic (exact) mass is 358 g/mol. The second-order valence-corrected chi connectivity index (χ2v) is 7.91. The summed E-state index contributed by atoms with van der Waals surface area (Å²) in [6, 6.07) is 2.41. The van der Waals surface area contributed by atoms with Crippen LogP contribution in [0, 0.1) is 5.92 Å². The molecule has 1 atom stereocenters. The van der Waals surface area contributed by atoms with E-state index < -0.39 is 0 Å². The topological polar surface area (TPSA) is 52.6 Å². The van der Waals surface area contributed by atoms with E-state index in [1.54, 1.807) is 0 Å². The molecule has 144 valence electrons. The Kier molecular flexibility index (Phi) is 6.71. The first-order valence-corrected chi connectivity index (χ1v) is 10.5. The molecule has 26 heavy (non-hydrogen) atoms. The van der Waals surface area contributed by atoms with Crippen LogP contribution in [0.3, 0.4) is 0 Å². The summed E-state index contributed by atoms with van der Waals surface area (Å²) in [6.45, 7) is 8.25. The molecule has 4 nitrogen and oxygen atoms in total. The summed E-state index contributed by atoms with van der Waals surface area (Å²) >= 11 is 0. The largest absolute Gasteiger partial charge is 0.303 e. The molecule has 1 saturated heterocycles. The number of carbonyl (C=O) groups is 1. The number of nitrogens with zero attached hydrogens (tertiary/aromatic N) is 1. The van der Waals surface area contributed by atoms with Gasteiger partial charge < -0.3 is 4.90 Å². The molecule has 4 heteroatoms. The van der Waals surface area contributed by atoms with Gasteiger partial charge in [0, 0.05) is 5.92 Å². The lowest BCUT2D eigenvalue weighted by atomic mass is 9.77. The zero-order chi connectivity index (χ0) is 18.5. The van der Waals surface area contributed by atoms with Crippen LogP contribution in [0.1, 0.15) is 67.3 Å². The fourth-order valence-electron chi connectivity index (χ4n) is 4.96. The van der Waals surface area contributed by atoms with Crippen LogP contribution in [0.5, 0.6) is 0 Å². The van der Waals surface area contributed by atoms with Crippen molar-refractivity contribution in [3.05, 3.63) is 33.9 Å². The van der Waals surface area contributed by atoms with Gasteiger partial charge in [-0.3, -0.25) is 10.0 Å². The third kappa shape index (κ3) is 4.12. The van der Waals surface area contributed by atoms with E-state index in [4.69, 9.17) is 5.21 Å². The Morgan fingerprint density at radius 3 is 2.65 bits per heavy atom. The SMILES string of the molecule is CCc1cc2c(c(CC)c1CCCN1CCCC1)CC(C(=O)NO)CC2. The molecular weight excluding hydrogens is 324 g/mol. The molecule has 0 saturated carbocycles. The van der Waals surface area contributed by atoms with Gasteiger partial charge in [-0.25, -0.2) is 5.48 Å². The fraction of sp³-hybridized carbons (Fsp3) is 0.682. The van der Waals surface area contributed by atoms with Crippen LogP contribution < -0.4 is 5.48 Å². The summed E-state index contributed by atoms with van der Waals surface area (Å²) < 4.78 is 0. The molecule has 1 amide bonds. The highest BCUT2D eigenvalue weighted by molar-refractivity contribution is 5.78. The Bertz CT molecular complexity index is 636. The van der Waals surface area contributed by atoms with Crippen LogP contribution in [-0.4, -0.2) is 35.6 Å². The maximum absolute atomic E-state index is 11.9. The number of nitrogens with one attached hydrogen (secondary N) is 1. The van der Waals surface area contributed by atoms with Gasteiger partial charge in [0.25, 0.3) is 0 Å². The molecule has 1 aliphatic heterocycles. The van der Waals surface area contributed by atoms with E-state index in [1.165, 1.54) is 66.7 Å². The van der Waals surface area contributed by atoms with Crippen molar-refractivity contribution in [1.82, 2.24) is 10.4 Å². The standard InChI is InChI=1S/C22H34N2O2/c1-3-16-14-17-9-10-18(22(25)23-26)15-21(17)19(4-2)20(16)8-7-13-24-11-5-6-12-24/h14,18,26H,3-13,15H2,1-2H3,(H,23,25). The second kappa shape index (κ2) is 9.01. The van der Waals surface area contributed by atoms with Gasteiger partial charge in [-0.1, -0.05) is 19.9 Å². The Labute approximate surface area is 157 Å². The molecule has 0 aromatic heterocycles. The summed E-state index contributed by atoms with van der Waals surface area (Å²) in [6.07, 6.45) is 9.74. The third-order valence-corrected chi connectivity index (χ3v) is 6.38. The molecule has 3 rings (SSSR count). The van der Waals surface area contributed by atoms with Crippen molar-refractivity contribution >= 4 is 5.91 Å². The molecule has 2 N–H and O–H groups in total. The first-order chi connectivity index (χ1) is 12.7. The second-order valence-electron chi connectivity index (χ2n) is 7.91. The average Bonchev–Trinajstić information content (AvgIpc) is 3.19. The van der Waals surface area contributed by atoms with Crippen molar-refractivity contribution in [2.45, 2.75) is 71.6 Å². The van der Waals surface area contributed by atoms with Crippen molar-refractivity contribution in [3.8, 4) is 0 Å². The van der Waals surface area contributed by atoms with Gasteiger partial charge in [0.2, 0.25) is 5.91 Å². The van der Waals surface area contributed by atoms with Crippen LogP contribution in [0.25, 0.3) is 0 Å². The summed E-state index contributed by atoms with van der Waals surface area (Å²) in [7, 11) is 0. The average molecular weight is 359 g/mol. The molecule has 0 spiro atoms. The maximum Gasteiger partial charge on any atom is 0.246 e. The minimum absolute atomic E-state index is 0.0947. The molecule has 1 aromatic rings. The fourth-order valence-corrected chi connectivity index (χ4v) is 4.96. The van der Waals surface area contributed by atoms with Crippen LogP contribution in [0.2, 0.25) is 0 Å². The molecule has 2 aliphatic rings. The van der Waals surface area contributed by atoms with E-state index in [0.717, 1.165) is 38.5 Å². The zero-order valence-electron chi connectivity index (χ0n) is 16.4. The summed E-state index contributed by atoms with van der Waals surface area (Å²) in [5.74, 6) is -0.324. The number of carbonyl (C=O) groups excluding carboxylic acids is 1. The number of hydrogen-bond donors (Lipinski definition) is 2. The van der Waals surface area contributed by atoms with Crippen molar-refractivity contribution in [2.24, 2.45) is 5.92 Å². The van der Waals surface area contributed by atoms with Crippen LogP contribution in [0.15, 0.2) is 6.07 Å². The number of fused-ring (bicyclic) bond motifs is 1. The lowest BCUT2D eigenvalue weighted by molar-refractivity contribution is -0.133. The predicted octanol–water partition coefficient (Wildman–Crippen LogP) is 3.45. The van der Waals surface area contributed by atoms with Gasteiger partial charge >= 0.3 is 0 Å². The molecule has 1 unspecified atom stereocenters. The van der Waals surface area contributed by atoms with E-state index in [1.807, 2.05) is 5.48 Å². The van der Waals surface area contributed by atoms with Gasteiger partial charge in [0.1, 0.15) is 0 Å². The van der Waals surface area contributed by atoms with Gasteiger partial charge in [0.15, 0.2) is 0 Å². The highest BCUT2D eigenvalue weighted by Gasteiger charge is 2.27. The molecule has 0 radical (unpaired) electrons. The van der Waals surface area contributed by atoms with Crippen LogP contribution in [0.4, 0.5) is 0 Å². The molecule has 1 aromatic carbocycles. The van der Waals surface area contributed by atoms with E-state index >= 15 is 0 Å². The molecule has 1 heterocycles. The van der Waals surface area contributed by atoms with Crippen molar-refractivity contribution in [1.29, 1.82) is 0 Å². The Hall–Kier alpha value is -1.39.